The molecule has 0 saturated carbocycles. The smallest absolute Gasteiger partial charge is 0.0822 e. The summed E-state index contributed by atoms with van der Waals surface area (Å²) in [6.45, 7) is 1.62. The lowest BCUT2D eigenvalue weighted by molar-refractivity contribution is 0.795. The zero-order valence-electron chi connectivity index (χ0n) is 7.70. The first-order chi connectivity index (χ1) is 6.25. The fraction of sp³-hybridized carbons (Fsp3) is 0.444. The first kappa shape index (κ1) is 10.3. The number of hydrogen-bond donors (Lipinski definition) is 1. The number of anilines is 1. The van der Waals surface area contributed by atoms with E-state index in [4.69, 9.17) is 17.3 Å². The highest BCUT2D eigenvalue weighted by atomic mass is 35.5. The highest BCUT2D eigenvalue weighted by Gasteiger charge is 2.03. The molecule has 0 unspecified atom stereocenters. The van der Waals surface area contributed by atoms with Gasteiger partial charge in [-0.1, -0.05) is 11.6 Å². The first-order valence-electron chi connectivity index (χ1n) is 4.26. The van der Waals surface area contributed by atoms with Crippen molar-refractivity contribution in [3.05, 3.63) is 23.5 Å². The summed E-state index contributed by atoms with van der Waals surface area (Å²) in [6, 6.07) is 1.90. The Labute approximate surface area is 83.5 Å². The van der Waals surface area contributed by atoms with E-state index in [1.165, 1.54) is 0 Å². The summed E-state index contributed by atoms with van der Waals surface area (Å²) < 4.78 is 0. The molecule has 0 spiro atoms. The van der Waals surface area contributed by atoms with Crippen molar-refractivity contribution < 1.29 is 0 Å². The SMILES string of the molecule is CN(CCCN)c1ccncc1Cl. The van der Waals surface area contributed by atoms with Crippen molar-refractivity contribution in [3.8, 4) is 0 Å². The Morgan fingerprint density at radius 3 is 3.00 bits per heavy atom. The number of halogens is 1. The van der Waals surface area contributed by atoms with Gasteiger partial charge < -0.3 is 10.6 Å². The van der Waals surface area contributed by atoms with Crippen LogP contribution in [0.15, 0.2) is 18.5 Å². The monoisotopic (exact) mass is 199 g/mol. The van der Waals surface area contributed by atoms with E-state index in [2.05, 4.69) is 9.88 Å². The molecule has 72 valence electrons. The van der Waals surface area contributed by atoms with Crippen LogP contribution in [0.3, 0.4) is 0 Å². The summed E-state index contributed by atoms with van der Waals surface area (Å²) in [6.07, 6.45) is 4.35. The van der Waals surface area contributed by atoms with Crippen LogP contribution in [0.5, 0.6) is 0 Å². The molecule has 0 aliphatic carbocycles. The molecule has 3 nitrogen and oxygen atoms in total. The lowest BCUT2D eigenvalue weighted by Gasteiger charge is -2.19. The van der Waals surface area contributed by atoms with Crippen molar-refractivity contribution in [2.24, 2.45) is 5.73 Å². The van der Waals surface area contributed by atoms with Crippen LogP contribution in [0.2, 0.25) is 5.02 Å². The minimum atomic E-state index is 0.682. The Morgan fingerprint density at radius 2 is 2.38 bits per heavy atom. The van der Waals surface area contributed by atoms with E-state index in [9.17, 15) is 0 Å². The van der Waals surface area contributed by atoms with E-state index < -0.39 is 0 Å². The van der Waals surface area contributed by atoms with Crippen LogP contribution >= 0.6 is 11.6 Å². The van der Waals surface area contributed by atoms with Crippen molar-refractivity contribution in [1.82, 2.24) is 4.98 Å². The Balaban J connectivity index is 2.65. The van der Waals surface area contributed by atoms with Crippen molar-refractivity contribution >= 4 is 17.3 Å². The number of nitrogens with zero attached hydrogens (tertiary/aromatic N) is 2. The molecule has 0 saturated heterocycles. The van der Waals surface area contributed by atoms with E-state index in [0.29, 0.717) is 11.6 Å². The van der Waals surface area contributed by atoms with Crippen molar-refractivity contribution in [1.29, 1.82) is 0 Å². The molecule has 13 heavy (non-hydrogen) atoms. The molecule has 0 fully saturated rings. The number of hydrogen-bond acceptors (Lipinski definition) is 3. The highest BCUT2D eigenvalue weighted by molar-refractivity contribution is 6.33. The fourth-order valence-corrected chi connectivity index (χ4v) is 1.39. The fourth-order valence-electron chi connectivity index (χ4n) is 1.13. The van der Waals surface area contributed by atoms with E-state index in [0.717, 1.165) is 18.7 Å². The van der Waals surface area contributed by atoms with E-state index >= 15 is 0 Å². The summed E-state index contributed by atoms with van der Waals surface area (Å²) in [5, 5.41) is 0.682. The zero-order chi connectivity index (χ0) is 9.68. The van der Waals surface area contributed by atoms with Crippen LogP contribution in [-0.4, -0.2) is 25.1 Å². The van der Waals surface area contributed by atoms with Crippen molar-refractivity contribution in [2.75, 3.05) is 25.0 Å². The van der Waals surface area contributed by atoms with Gasteiger partial charge in [0.15, 0.2) is 0 Å². The molecule has 0 amide bonds. The maximum Gasteiger partial charge on any atom is 0.0822 e. The molecule has 1 heterocycles. The quantitative estimate of drug-likeness (QED) is 0.800. The molecular weight excluding hydrogens is 186 g/mol. The second-order valence-electron chi connectivity index (χ2n) is 2.89. The maximum atomic E-state index is 5.96. The molecule has 0 bridgehead atoms. The van der Waals surface area contributed by atoms with Gasteiger partial charge >= 0.3 is 0 Å². The summed E-state index contributed by atoms with van der Waals surface area (Å²) in [4.78, 5) is 6.00. The lowest BCUT2D eigenvalue weighted by atomic mass is 10.3. The lowest BCUT2D eigenvalue weighted by Crippen LogP contribution is -2.21. The Morgan fingerprint density at radius 1 is 1.62 bits per heavy atom. The molecule has 4 heteroatoms. The summed E-state index contributed by atoms with van der Waals surface area (Å²) >= 11 is 5.96. The minimum Gasteiger partial charge on any atom is -0.373 e. The van der Waals surface area contributed by atoms with Gasteiger partial charge in [0.05, 0.1) is 10.7 Å². The first-order valence-corrected chi connectivity index (χ1v) is 4.64. The van der Waals surface area contributed by atoms with Gasteiger partial charge in [0, 0.05) is 26.0 Å². The average molecular weight is 200 g/mol. The van der Waals surface area contributed by atoms with Gasteiger partial charge in [-0.2, -0.15) is 0 Å². The van der Waals surface area contributed by atoms with E-state index in [1.54, 1.807) is 12.4 Å². The van der Waals surface area contributed by atoms with Gasteiger partial charge in [-0.3, -0.25) is 4.98 Å². The van der Waals surface area contributed by atoms with E-state index in [1.807, 2.05) is 13.1 Å². The molecule has 0 radical (unpaired) electrons. The van der Waals surface area contributed by atoms with Gasteiger partial charge in [-0.15, -0.1) is 0 Å². The van der Waals surface area contributed by atoms with Gasteiger partial charge in [-0.25, -0.2) is 0 Å². The predicted molar refractivity (Wildman–Crippen MR) is 56.2 cm³/mol. The third-order valence-electron chi connectivity index (χ3n) is 1.86. The van der Waals surface area contributed by atoms with Gasteiger partial charge in [0.1, 0.15) is 0 Å². The molecule has 1 aromatic heterocycles. The minimum absolute atomic E-state index is 0.682. The largest absolute Gasteiger partial charge is 0.373 e. The molecule has 0 aromatic carbocycles. The average Bonchev–Trinajstić information content (AvgIpc) is 2.15. The zero-order valence-corrected chi connectivity index (χ0v) is 8.46. The highest BCUT2D eigenvalue weighted by Crippen LogP contribution is 2.22. The number of nitrogens with two attached hydrogens (primary N) is 1. The number of pyridine rings is 1. The van der Waals surface area contributed by atoms with E-state index in [-0.39, 0.29) is 0 Å². The van der Waals surface area contributed by atoms with Crippen molar-refractivity contribution in [2.45, 2.75) is 6.42 Å². The Bertz CT molecular complexity index is 265. The molecule has 1 aromatic rings. The van der Waals surface area contributed by atoms with Gasteiger partial charge in [-0.05, 0) is 19.0 Å². The number of rotatable bonds is 4. The molecule has 2 N–H and O–H groups in total. The van der Waals surface area contributed by atoms with Gasteiger partial charge in [0.25, 0.3) is 0 Å². The molecule has 1 rings (SSSR count). The number of aromatic nitrogens is 1. The van der Waals surface area contributed by atoms with Crippen LogP contribution in [-0.2, 0) is 0 Å². The molecular formula is C9H14ClN3. The third-order valence-corrected chi connectivity index (χ3v) is 2.15. The van der Waals surface area contributed by atoms with Crippen molar-refractivity contribution in [3.63, 3.8) is 0 Å². The Kier molecular flexibility index (Phi) is 3.99. The standard InChI is InChI=1S/C9H14ClN3/c1-13(6-2-4-11)9-3-5-12-7-8(9)10/h3,5,7H,2,4,6,11H2,1H3. The normalized spacial score (nSPS) is 10.1. The Hall–Kier alpha value is -0.800. The maximum absolute atomic E-state index is 5.96. The summed E-state index contributed by atoms with van der Waals surface area (Å²) in [5.41, 5.74) is 6.43. The second kappa shape index (κ2) is 5.04. The van der Waals surface area contributed by atoms with Gasteiger partial charge in [0.2, 0.25) is 0 Å². The van der Waals surface area contributed by atoms with Crippen LogP contribution < -0.4 is 10.6 Å². The van der Waals surface area contributed by atoms with Crippen LogP contribution in [0.4, 0.5) is 5.69 Å². The molecule has 0 aliphatic heterocycles. The second-order valence-corrected chi connectivity index (χ2v) is 3.30. The summed E-state index contributed by atoms with van der Waals surface area (Å²) in [5.74, 6) is 0. The third kappa shape index (κ3) is 2.86. The summed E-state index contributed by atoms with van der Waals surface area (Å²) in [7, 11) is 2.00. The molecule has 0 atom stereocenters. The molecule has 0 aliphatic rings. The predicted octanol–water partition coefficient (Wildman–Crippen LogP) is 1.52. The topological polar surface area (TPSA) is 42.1 Å². The van der Waals surface area contributed by atoms with Crippen LogP contribution in [0.25, 0.3) is 0 Å². The van der Waals surface area contributed by atoms with Crippen LogP contribution in [0.1, 0.15) is 6.42 Å². The van der Waals surface area contributed by atoms with Crippen LogP contribution in [0, 0.1) is 0 Å².